The van der Waals surface area contributed by atoms with Crippen LogP contribution in [0.5, 0.6) is 0 Å². The first-order valence-electron chi connectivity index (χ1n) is 32.7. The van der Waals surface area contributed by atoms with Gasteiger partial charge in [-0.15, -0.1) is 0 Å². The average molecular weight is 1070 g/mol. The Morgan fingerprint density at radius 3 is 0.805 bits per heavy atom. The number of allylic oxidation sites excluding steroid dienone is 16. The summed E-state index contributed by atoms with van der Waals surface area (Å²) in [5, 5.41) is 0. The lowest BCUT2D eigenvalue weighted by Gasteiger charge is -2.18. The summed E-state index contributed by atoms with van der Waals surface area (Å²) in [6.45, 7) is 6.52. The summed E-state index contributed by atoms with van der Waals surface area (Å²) in [6, 6.07) is 0. The Hall–Kier alpha value is -3.67. The Morgan fingerprint density at radius 1 is 0.273 bits per heavy atom. The molecule has 0 saturated heterocycles. The average Bonchev–Trinajstić information content (AvgIpc) is 3.43. The second-order valence-corrected chi connectivity index (χ2v) is 21.6. The number of carbonyl (C=O) groups excluding carboxylic acids is 3. The van der Waals surface area contributed by atoms with Crippen molar-refractivity contribution in [1.29, 1.82) is 0 Å². The summed E-state index contributed by atoms with van der Waals surface area (Å²) >= 11 is 0. The predicted octanol–water partition coefficient (Wildman–Crippen LogP) is 22.4. The van der Waals surface area contributed by atoms with E-state index >= 15 is 0 Å². The quantitative estimate of drug-likeness (QED) is 0.0261. The lowest BCUT2D eigenvalue weighted by Crippen LogP contribution is -2.30. The lowest BCUT2D eigenvalue weighted by molar-refractivity contribution is -0.167. The van der Waals surface area contributed by atoms with Crippen LogP contribution in [0.3, 0.4) is 0 Å². The van der Waals surface area contributed by atoms with Crippen LogP contribution in [0.1, 0.15) is 316 Å². The van der Waals surface area contributed by atoms with Crippen molar-refractivity contribution < 1.29 is 28.6 Å². The molecule has 77 heavy (non-hydrogen) atoms. The van der Waals surface area contributed by atoms with Gasteiger partial charge in [-0.2, -0.15) is 0 Å². The standard InChI is InChI=1S/C71H122O6/c1-4-7-10-13-16-19-22-25-28-31-33-34-35-36-38-40-43-46-49-52-55-58-61-64-70(73)76-67-68(66-75-69(72)63-60-57-54-51-48-45-42-39-30-27-24-21-18-15-12-9-6-3)77-71(74)65-62-59-56-53-50-47-44-41-37-32-29-26-23-20-17-14-11-8-5-2/h8,11,17,20,22,25-26,29,31,33,35-37,41,47,50,68H,4-7,9-10,12-16,18-19,21,23-24,27-28,30,32,34,38-40,42-46,48-49,51-67H2,1-3H3/b11-8-,20-17-,25-22-,29-26-,33-31-,36-35-,41-37-,50-47-. The van der Waals surface area contributed by atoms with Crippen molar-refractivity contribution in [1.82, 2.24) is 0 Å². The second kappa shape index (κ2) is 64.9. The van der Waals surface area contributed by atoms with E-state index in [1.54, 1.807) is 0 Å². The fourth-order valence-corrected chi connectivity index (χ4v) is 9.18. The topological polar surface area (TPSA) is 78.9 Å². The Balaban J connectivity index is 4.43. The fourth-order valence-electron chi connectivity index (χ4n) is 9.18. The van der Waals surface area contributed by atoms with E-state index in [-0.39, 0.29) is 37.5 Å². The van der Waals surface area contributed by atoms with Gasteiger partial charge >= 0.3 is 17.9 Å². The highest BCUT2D eigenvalue weighted by molar-refractivity contribution is 5.71. The SMILES string of the molecule is CC/C=C\C/C=C\C/C=C\C/C=C\C/C=C\CCCCCC(=O)OC(COC(=O)CCCCCCCCCC/C=C\C/C=C\C/C=C\CCCCCCC)COC(=O)CCCCCCCCCCCCCCCCCCC. The van der Waals surface area contributed by atoms with Gasteiger partial charge < -0.3 is 14.2 Å². The van der Waals surface area contributed by atoms with Crippen LogP contribution in [0.25, 0.3) is 0 Å². The molecule has 0 aliphatic carbocycles. The Morgan fingerprint density at radius 2 is 0.506 bits per heavy atom. The van der Waals surface area contributed by atoms with E-state index in [0.29, 0.717) is 12.8 Å². The molecular formula is C71H122O6. The molecule has 0 bridgehead atoms. The molecule has 442 valence electrons. The van der Waals surface area contributed by atoms with E-state index in [9.17, 15) is 14.4 Å². The minimum atomic E-state index is -0.799. The maximum atomic E-state index is 12.9. The maximum Gasteiger partial charge on any atom is 0.306 e. The highest BCUT2D eigenvalue weighted by Gasteiger charge is 2.19. The third-order valence-electron chi connectivity index (χ3n) is 14.1. The van der Waals surface area contributed by atoms with Crippen LogP contribution in [0.15, 0.2) is 97.2 Å². The molecule has 0 spiro atoms. The van der Waals surface area contributed by atoms with Gasteiger partial charge in [-0.1, -0.05) is 291 Å². The number of esters is 3. The number of hydrogen-bond acceptors (Lipinski definition) is 6. The van der Waals surface area contributed by atoms with Crippen molar-refractivity contribution in [3.8, 4) is 0 Å². The number of rotatable bonds is 59. The molecule has 0 fully saturated rings. The van der Waals surface area contributed by atoms with Gasteiger partial charge in [-0.05, 0) is 103 Å². The molecule has 0 N–H and O–H groups in total. The molecule has 6 heteroatoms. The Bertz CT molecular complexity index is 1510. The number of ether oxygens (including phenoxy) is 3. The van der Waals surface area contributed by atoms with Crippen molar-refractivity contribution in [2.24, 2.45) is 0 Å². The van der Waals surface area contributed by atoms with E-state index < -0.39 is 6.10 Å². The molecule has 0 saturated carbocycles. The molecule has 0 aliphatic heterocycles. The third kappa shape index (κ3) is 63.0. The summed E-state index contributed by atoms with van der Waals surface area (Å²) in [7, 11) is 0. The number of carbonyl (C=O) groups is 3. The second-order valence-electron chi connectivity index (χ2n) is 21.6. The molecule has 0 radical (unpaired) electrons. The lowest BCUT2D eigenvalue weighted by atomic mass is 10.0. The molecule has 0 aromatic rings. The van der Waals surface area contributed by atoms with Crippen molar-refractivity contribution in [2.45, 2.75) is 322 Å². The van der Waals surface area contributed by atoms with Gasteiger partial charge in [0.25, 0.3) is 0 Å². The van der Waals surface area contributed by atoms with Gasteiger partial charge in [0.2, 0.25) is 0 Å². The van der Waals surface area contributed by atoms with Crippen LogP contribution in [-0.2, 0) is 28.6 Å². The van der Waals surface area contributed by atoms with E-state index in [1.165, 1.54) is 161 Å². The van der Waals surface area contributed by atoms with E-state index in [2.05, 4.69) is 118 Å². The van der Waals surface area contributed by atoms with Crippen molar-refractivity contribution in [3.05, 3.63) is 97.2 Å². The van der Waals surface area contributed by atoms with Crippen LogP contribution >= 0.6 is 0 Å². The summed E-state index contributed by atoms with van der Waals surface area (Å²) in [5.41, 5.74) is 0. The largest absolute Gasteiger partial charge is 0.462 e. The fraction of sp³-hybridized carbons (Fsp3) is 0.732. The van der Waals surface area contributed by atoms with Crippen LogP contribution in [-0.4, -0.2) is 37.2 Å². The van der Waals surface area contributed by atoms with Crippen LogP contribution in [0.2, 0.25) is 0 Å². The highest BCUT2D eigenvalue weighted by Crippen LogP contribution is 2.16. The first-order valence-corrected chi connectivity index (χ1v) is 32.7. The van der Waals surface area contributed by atoms with Crippen molar-refractivity contribution in [3.63, 3.8) is 0 Å². The summed E-state index contributed by atoms with van der Waals surface area (Å²) < 4.78 is 16.9. The van der Waals surface area contributed by atoms with Gasteiger partial charge in [0.15, 0.2) is 6.10 Å². The molecule has 0 aliphatic rings. The maximum absolute atomic E-state index is 12.9. The minimum absolute atomic E-state index is 0.0913. The molecule has 1 unspecified atom stereocenters. The predicted molar refractivity (Wildman–Crippen MR) is 334 cm³/mol. The van der Waals surface area contributed by atoms with Gasteiger partial charge in [0, 0.05) is 19.3 Å². The molecule has 0 heterocycles. The molecule has 0 aromatic carbocycles. The molecule has 0 amide bonds. The van der Waals surface area contributed by atoms with Crippen LogP contribution < -0.4 is 0 Å². The zero-order chi connectivity index (χ0) is 55.7. The van der Waals surface area contributed by atoms with Crippen molar-refractivity contribution >= 4 is 17.9 Å². The van der Waals surface area contributed by atoms with Gasteiger partial charge in [0.05, 0.1) is 0 Å². The molecule has 1 atom stereocenters. The molecule has 0 aromatic heterocycles. The van der Waals surface area contributed by atoms with E-state index in [1.807, 2.05) is 0 Å². The third-order valence-corrected chi connectivity index (χ3v) is 14.1. The zero-order valence-corrected chi connectivity index (χ0v) is 50.7. The highest BCUT2D eigenvalue weighted by atomic mass is 16.6. The molecule has 0 rings (SSSR count). The van der Waals surface area contributed by atoms with Gasteiger partial charge in [0.1, 0.15) is 13.2 Å². The van der Waals surface area contributed by atoms with Gasteiger partial charge in [-0.3, -0.25) is 14.4 Å². The summed E-state index contributed by atoms with van der Waals surface area (Å²) in [5.74, 6) is -0.919. The van der Waals surface area contributed by atoms with Gasteiger partial charge in [-0.25, -0.2) is 0 Å². The normalized spacial score (nSPS) is 12.7. The van der Waals surface area contributed by atoms with E-state index in [4.69, 9.17) is 14.2 Å². The summed E-state index contributed by atoms with van der Waals surface area (Å²) in [6.07, 6.45) is 86.9. The van der Waals surface area contributed by atoms with Crippen LogP contribution in [0, 0.1) is 0 Å². The van der Waals surface area contributed by atoms with E-state index in [0.717, 1.165) is 116 Å². The monoisotopic (exact) mass is 1070 g/mol. The minimum Gasteiger partial charge on any atom is -0.462 e. The number of hydrogen-bond donors (Lipinski definition) is 0. The molecular weight excluding hydrogens is 949 g/mol. The Kier molecular flexibility index (Phi) is 61.8. The summed E-state index contributed by atoms with van der Waals surface area (Å²) in [4.78, 5) is 38.4. The van der Waals surface area contributed by atoms with Crippen molar-refractivity contribution in [2.75, 3.05) is 13.2 Å². The number of unbranched alkanes of at least 4 members (excludes halogenated alkanes) is 32. The Labute approximate surface area is 477 Å². The molecule has 6 nitrogen and oxygen atoms in total. The smallest absolute Gasteiger partial charge is 0.306 e. The zero-order valence-electron chi connectivity index (χ0n) is 50.7. The first-order chi connectivity index (χ1) is 38.0. The first kappa shape index (κ1) is 73.3. The van der Waals surface area contributed by atoms with Crippen LogP contribution in [0.4, 0.5) is 0 Å².